The third-order valence-corrected chi connectivity index (χ3v) is 1.34. The molecular weight excluding hydrogens is 161 g/mol. The zero-order valence-corrected chi connectivity index (χ0v) is 5.83. The molecule has 4 heteroatoms. The summed E-state index contributed by atoms with van der Waals surface area (Å²) in [5.41, 5.74) is -0.357. The van der Waals surface area contributed by atoms with Crippen molar-refractivity contribution < 1.29 is 0 Å². The Bertz CT molecular complexity index is 268. The molecule has 0 atom stereocenters. The summed E-state index contributed by atoms with van der Waals surface area (Å²) in [7, 11) is 0. The van der Waals surface area contributed by atoms with Crippen molar-refractivity contribution in [2.75, 3.05) is 0 Å². The third kappa shape index (κ3) is 1.47. The monoisotopic (exact) mass is 163 g/mol. The van der Waals surface area contributed by atoms with E-state index in [1.165, 1.54) is 12.1 Å². The summed E-state index contributed by atoms with van der Waals surface area (Å²) in [6, 6.07) is 2.97. The van der Waals surface area contributed by atoms with Crippen molar-refractivity contribution in [1.82, 2.24) is 4.98 Å². The highest BCUT2D eigenvalue weighted by molar-refractivity contribution is 6.31. The molecule has 1 rings (SSSR count). The summed E-state index contributed by atoms with van der Waals surface area (Å²) >= 11 is 10.8. The van der Waals surface area contributed by atoms with E-state index in [4.69, 9.17) is 23.2 Å². The van der Waals surface area contributed by atoms with Crippen LogP contribution in [0.25, 0.3) is 0 Å². The minimum absolute atomic E-state index is 0.152. The number of H-pyrrole nitrogens is 1. The van der Waals surface area contributed by atoms with Crippen molar-refractivity contribution in [3.63, 3.8) is 0 Å². The molecule has 0 fully saturated rings. The predicted octanol–water partition coefficient (Wildman–Crippen LogP) is 1.68. The second kappa shape index (κ2) is 2.42. The number of aromatic nitrogens is 1. The van der Waals surface area contributed by atoms with Gasteiger partial charge in [-0.1, -0.05) is 23.2 Å². The van der Waals surface area contributed by atoms with Crippen LogP contribution in [0.1, 0.15) is 0 Å². The number of hydrogen-bond donors (Lipinski definition) is 1. The number of rotatable bonds is 0. The summed E-state index contributed by atoms with van der Waals surface area (Å²) in [6.45, 7) is 0. The van der Waals surface area contributed by atoms with E-state index in [1.807, 2.05) is 0 Å². The van der Waals surface area contributed by atoms with E-state index in [0.29, 0.717) is 5.15 Å². The van der Waals surface area contributed by atoms with Crippen LogP contribution >= 0.6 is 23.2 Å². The largest absolute Gasteiger partial charge is 0.312 e. The number of aromatic amines is 1. The molecule has 0 spiro atoms. The van der Waals surface area contributed by atoms with Crippen molar-refractivity contribution in [3.05, 3.63) is 32.7 Å². The molecule has 0 aromatic carbocycles. The van der Waals surface area contributed by atoms with Crippen molar-refractivity contribution in [1.29, 1.82) is 0 Å². The molecule has 0 aliphatic heterocycles. The van der Waals surface area contributed by atoms with Gasteiger partial charge >= 0.3 is 0 Å². The van der Waals surface area contributed by atoms with E-state index in [-0.39, 0.29) is 10.6 Å². The minimum atomic E-state index is -0.357. The van der Waals surface area contributed by atoms with E-state index in [9.17, 15) is 4.79 Å². The molecule has 0 unspecified atom stereocenters. The maximum atomic E-state index is 10.6. The Morgan fingerprint density at radius 1 is 1.33 bits per heavy atom. The highest BCUT2D eigenvalue weighted by atomic mass is 35.5. The lowest BCUT2D eigenvalue weighted by Gasteiger charge is -1.87. The third-order valence-electron chi connectivity index (χ3n) is 0.826. The Kier molecular flexibility index (Phi) is 1.78. The van der Waals surface area contributed by atoms with Gasteiger partial charge in [0.25, 0.3) is 5.56 Å². The van der Waals surface area contributed by atoms with Gasteiger partial charge in [-0.3, -0.25) is 4.79 Å². The second-order valence-electron chi connectivity index (χ2n) is 1.48. The van der Waals surface area contributed by atoms with Crippen LogP contribution in [0.4, 0.5) is 0 Å². The van der Waals surface area contributed by atoms with Gasteiger partial charge in [-0.2, -0.15) is 0 Å². The van der Waals surface area contributed by atoms with E-state index < -0.39 is 0 Å². The summed E-state index contributed by atoms with van der Waals surface area (Å²) in [6.07, 6.45) is 0. The lowest BCUT2D eigenvalue weighted by Crippen LogP contribution is -2.04. The molecule has 0 radical (unpaired) electrons. The molecule has 9 heavy (non-hydrogen) atoms. The first-order valence-electron chi connectivity index (χ1n) is 2.24. The predicted molar refractivity (Wildman–Crippen MR) is 37.1 cm³/mol. The highest BCUT2D eigenvalue weighted by Crippen LogP contribution is 2.03. The number of nitrogens with one attached hydrogen (secondary N) is 1. The topological polar surface area (TPSA) is 32.9 Å². The molecule has 0 saturated heterocycles. The summed E-state index contributed by atoms with van der Waals surface area (Å²) in [4.78, 5) is 12.9. The molecule has 1 aromatic heterocycles. The number of hydrogen-bond acceptors (Lipinski definition) is 1. The fourth-order valence-corrected chi connectivity index (χ4v) is 0.691. The average Bonchev–Trinajstić information content (AvgIpc) is 1.80. The van der Waals surface area contributed by atoms with E-state index in [1.54, 1.807) is 0 Å². The Labute approximate surface area is 61.4 Å². The molecule has 0 saturated carbocycles. The van der Waals surface area contributed by atoms with E-state index >= 15 is 0 Å². The molecular formula is C5H3Cl2NO. The van der Waals surface area contributed by atoms with Gasteiger partial charge in [0.2, 0.25) is 0 Å². The standard InChI is InChI=1S/C5H3Cl2NO/c6-3-1-2-4(7)8-5(3)9/h1-2H,(H,8,9). The van der Waals surface area contributed by atoms with Gasteiger partial charge in [0.05, 0.1) is 0 Å². The Balaban J connectivity index is 3.34. The molecule has 48 valence electrons. The van der Waals surface area contributed by atoms with Crippen molar-refractivity contribution in [2.45, 2.75) is 0 Å². The van der Waals surface area contributed by atoms with Gasteiger partial charge in [0.15, 0.2) is 0 Å². The Hall–Kier alpha value is -0.470. The van der Waals surface area contributed by atoms with Crippen LogP contribution in [-0.2, 0) is 0 Å². The zero-order chi connectivity index (χ0) is 6.85. The average molecular weight is 164 g/mol. The van der Waals surface area contributed by atoms with Crippen LogP contribution < -0.4 is 5.56 Å². The first kappa shape index (κ1) is 6.65. The quantitative estimate of drug-likeness (QED) is 0.581. The van der Waals surface area contributed by atoms with E-state index in [0.717, 1.165) is 0 Å². The first-order chi connectivity index (χ1) is 4.20. The number of halogens is 2. The van der Waals surface area contributed by atoms with Gasteiger partial charge in [-0.05, 0) is 12.1 Å². The van der Waals surface area contributed by atoms with Crippen LogP contribution in [0, 0.1) is 0 Å². The summed E-state index contributed by atoms with van der Waals surface area (Å²) in [5, 5.41) is 0.448. The van der Waals surface area contributed by atoms with E-state index in [2.05, 4.69) is 4.98 Å². The van der Waals surface area contributed by atoms with Gasteiger partial charge in [0.1, 0.15) is 10.2 Å². The lowest BCUT2D eigenvalue weighted by molar-refractivity contribution is 1.24. The smallest absolute Gasteiger partial charge is 0.267 e. The van der Waals surface area contributed by atoms with Crippen LogP contribution in [0.2, 0.25) is 10.2 Å². The van der Waals surface area contributed by atoms with Crippen LogP contribution in [-0.4, -0.2) is 4.98 Å². The maximum Gasteiger partial charge on any atom is 0.267 e. The summed E-state index contributed by atoms with van der Waals surface area (Å²) < 4.78 is 0. The van der Waals surface area contributed by atoms with Crippen molar-refractivity contribution in [2.24, 2.45) is 0 Å². The highest BCUT2D eigenvalue weighted by Gasteiger charge is 1.92. The van der Waals surface area contributed by atoms with Gasteiger partial charge in [-0.15, -0.1) is 0 Å². The maximum absolute atomic E-state index is 10.6. The fraction of sp³-hybridized carbons (Fsp3) is 0. The SMILES string of the molecule is O=c1[nH]c(Cl)ccc1Cl. The van der Waals surface area contributed by atoms with Gasteiger partial charge in [0, 0.05) is 0 Å². The Morgan fingerprint density at radius 2 is 2.00 bits per heavy atom. The molecule has 1 N–H and O–H groups in total. The second-order valence-corrected chi connectivity index (χ2v) is 2.30. The number of pyridine rings is 1. The van der Waals surface area contributed by atoms with Crippen LogP contribution in [0.3, 0.4) is 0 Å². The molecule has 1 aromatic rings. The van der Waals surface area contributed by atoms with Crippen LogP contribution in [0.5, 0.6) is 0 Å². The molecule has 0 bridgehead atoms. The van der Waals surface area contributed by atoms with Crippen molar-refractivity contribution in [3.8, 4) is 0 Å². The first-order valence-corrected chi connectivity index (χ1v) is 3.00. The molecule has 0 amide bonds. The molecule has 0 aliphatic carbocycles. The normalized spacial score (nSPS) is 9.56. The molecule has 2 nitrogen and oxygen atoms in total. The van der Waals surface area contributed by atoms with Gasteiger partial charge < -0.3 is 4.98 Å². The summed E-state index contributed by atoms with van der Waals surface area (Å²) in [5.74, 6) is 0. The lowest BCUT2D eigenvalue weighted by atomic mass is 10.5. The van der Waals surface area contributed by atoms with Crippen LogP contribution in [0.15, 0.2) is 16.9 Å². The minimum Gasteiger partial charge on any atom is -0.312 e. The fourth-order valence-electron chi connectivity index (χ4n) is 0.432. The zero-order valence-electron chi connectivity index (χ0n) is 4.32. The Morgan fingerprint density at radius 3 is 2.44 bits per heavy atom. The molecule has 1 heterocycles. The van der Waals surface area contributed by atoms with Gasteiger partial charge in [-0.25, -0.2) is 0 Å². The van der Waals surface area contributed by atoms with Crippen molar-refractivity contribution >= 4 is 23.2 Å². The molecule has 0 aliphatic rings.